The first-order valence-corrected chi connectivity index (χ1v) is 13.8. The molecule has 0 spiro atoms. The lowest BCUT2D eigenvalue weighted by Gasteiger charge is -2.24. The number of rotatable bonds is 10. The van der Waals surface area contributed by atoms with Crippen LogP contribution in [0.15, 0.2) is 76.7 Å². The maximum atomic E-state index is 13.6. The first-order valence-electron chi connectivity index (χ1n) is 11.9. The second-order valence-corrected chi connectivity index (χ2v) is 10.8. The number of hydrogen-bond donors (Lipinski definition) is 1. The topological polar surface area (TPSA) is 119 Å². The van der Waals surface area contributed by atoms with E-state index in [0.29, 0.717) is 28.3 Å². The van der Waals surface area contributed by atoms with Gasteiger partial charge in [0.15, 0.2) is 11.5 Å². The number of nitrogens with one attached hydrogen (secondary N) is 1. The van der Waals surface area contributed by atoms with Crippen molar-refractivity contribution in [2.45, 2.75) is 11.8 Å². The summed E-state index contributed by atoms with van der Waals surface area (Å²) in [7, 11) is 0.325. The number of hydrazone groups is 1. The van der Waals surface area contributed by atoms with Crippen molar-refractivity contribution in [3.8, 4) is 17.2 Å². The van der Waals surface area contributed by atoms with Gasteiger partial charge in [0.2, 0.25) is 0 Å². The summed E-state index contributed by atoms with van der Waals surface area (Å²) < 4.78 is 44.1. The molecule has 12 heteroatoms. The van der Waals surface area contributed by atoms with Crippen LogP contribution in [0.2, 0.25) is 5.15 Å². The predicted octanol–water partition coefficient (Wildman–Crippen LogP) is 4.57. The number of carbonyl (C=O) groups excluding carboxylic acids is 1. The maximum Gasteiger partial charge on any atom is 0.264 e. The predicted molar refractivity (Wildman–Crippen MR) is 154 cm³/mol. The molecule has 0 aliphatic rings. The zero-order valence-electron chi connectivity index (χ0n) is 22.2. The van der Waals surface area contributed by atoms with Crippen LogP contribution in [0.4, 0.5) is 5.69 Å². The fourth-order valence-corrected chi connectivity index (χ4v) is 5.44. The van der Waals surface area contributed by atoms with Crippen molar-refractivity contribution in [2.75, 3.05) is 32.2 Å². The second-order valence-electron chi connectivity index (χ2n) is 8.58. The summed E-state index contributed by atoms with van der Waals surface area (Å²) in [5.74, 6) is 0.673. The van der Waals surface area contributed by atoms with Gasteiger partial charge < -0.3 is 14.2 Å². The van der Waals surface area contributed by atoms with Crippen molar-refractivity contribution in [1.82, 2.24) is 10.4 Å². The molecule has 1 N–H and O–H groups in total. The van der Waals surface area contributed by atoms with E-state index in [1.807, 2.05) is 13.0 Å². The van der Waals surface area contributed by atoms with E-state index in [-0.39, 0.29) is 15.7 Å². The van der Waals surface area contributed by atoms with Crippen molar-refractivity contribution in [3.05, 3.63) is 83.0 Å². The monoisotopic (exact) mass is 582 g/mol. The average Bonchev–Trinajstić information content (AvgIpc) is 2.95. The lowest BCUT2D eigenvalue weighted by Crippen LogP contribution is -2.39. The van der Waals surface area contributed by atoms with Crippen LogP contribution in [0.5, 0.6) is 17.2 Å². The average molecular weight is 583 g/mol. The number of anilines is 1. The van der Waals surface area contributed by atoms with Crippen LogP contribution in [-0.2, 0) is 14.8 Å². The quantitative estimate of drug-likeness (QED) is 0.165. The van der Waals surface area contributed by atoms with Crippen LogP contribution in [0, 0.1) is 6.92 Å². The molecule has 1 amide bonds. The Balaban J connectivity index is 1.60. The molecule has 208 valence electrons. The van der Waals surface area contributed by atoms with Gasteiger partial charge in [-0.05, 0) is 49.4 Å². The molecule has 1 aromatic heterocycles. The van der Waals surface area contributed by atoms with Gasteiger partial charge in [0.1, 0.15) is 17.4 Å². The highest BCUT2D eigenvalue weighted by molar-refractivity contribution is 7.92. The number of benzene rings is 3. The van der Waals surface area contributed by atoms with Gasteiger partial charge in [-0.1, -0.05) is 29.3 Å². The highest BCUT2D eigenvalue weighted by atomic mass is 35.5. The summed E-state index contributed by atoms with van der Waals surface area (Å²) in [6, 6.07) is 18.0. The van der Waals surface area contributed by atoms with Crippen molar-refractivity contribution in [1.29, 1.82) is 0 Å². The Labute approximate surface area is 237 Å². The lowest BCUT2D eigenvalue weighted by molar-refractivity contribution is -0.119. The van der Waals surface area contributed by atoms with E-state index in [4.69, 9.17) is 25.8 Å². The SMILES string of the molecule is COc1ccc2cc(/C=N\NC(=O)CN(c3ccc(OC)c(OC)c3)S(=O)(=O)c3ccc(C)cc3)c(Cl)nc2c1. The fourth-order valence-electron chi connectivity index (χ4n) is 3.83. The largest absolute Gasteiger partial charge is 0.497 e. The van der Waals surface area contributed by atoms with Crippen molar-refractivity contribution < 1.29 is 27.4 Å². The minimum atomic E-state index is -4.14. The fraction of sp³-hybridized carbons (Fsp3) is 0.179. The summed E-state index contributed by atoms with van der Waals surface area (Å²) in [5.41, 5.74) is 4.57. The highest BCUT2D eigenvalue weighted by Crippen LogP contribution is 2.34. The number of ether oxygens (including phenoxy) is 3. The van der Waals surface area contributed by atoms with Gasteiger partial charge in [-0.2, -0.15) is 5.10 Å². The van der Waals surface area contributed by atoms with Gasteiger partial charge in [-0.15, -0.1) is 0 Å². The standard InChI is InChI=1S/C28H27ClN4O6S/c1-18-5-10-23(11-6-18)40(35,36)33(21-8-12-25(38-3)26(14-21)39-4)17-27(34)32-30-16-20-13-19-7-9-22(37-2)15-24(19)31-28(20)29/h5-16H,17H2,1-4H3,(H,32,34)/b30-16-. The number of fused-ring (bicyclic) bond motifs is 1. The van der Waals surface area contributed by atoms with E-state index in [1.165, 1.54) is 44.7 Å². The lowest BCUT2D eigenvalue weighted by atomic mass is 10.1. The Morgan fingerprint density at radius 3 is 2.38 bits per heavy atom. The molecular formula is C28H27ClN4O6S. The summed E-state index contributed by atoms with van der Waals surface area (Å²) in [6.45, 7) is 1.29. The van der Waals surface area contributed by atoms with Gasteiger partial charge in [0.25, 0.3) is 15.9 Å². The molecule has 3 aromatic carbocycles. The summed E-state index contributed by atoms with van der Waals surface area (Å²) in [4.78, 5) is 17.3. The van der Waals surface area contributed by atoms with Gasteiger partial charge in [-0.25, -0.2) is 18.8 Å². The third kappa shape index (κ3) is 6.27. The number of pyridine rings is 1. The van der Waals surface area contributed by atoms with Crippen LogP contribution >= 0.6 is 11.6 Å². The Bertz CT molecular complexity index is 1680. The Hall–Kier alpha value is -4.35. The first-order chi connectivity index (χ1) is 19.2. The van der Waals surface area contributed by atoms with Crippen LogP contribution in [0.25, 0.3) is 10.9 Å². The van der Waals surface area contributed by atoms with Gasteiger partial charge in [0.05, 0.1) is 43.6 Å². The third-order valence-corrected chi connectivity index (χ3v) is 8.04. The molecule has 0 unspecified atom stereocenters. The molecule has 4 rings (SSSR count). The number of methoxy groups -OCH3 is 3. The summed E-state index contributed by atoms with van der Waals surface area (Å²) in [6.07, 6.45) is 1.34. The first kappa shape index (κ1) is 28.7. The van der Waals surface area contributed by atoms with Crippen molar-refractivity contribution >= 4 is 50.3 Å². The number of carbonyl (C=O) groups is 1. The van der Waals surface area contributed by atoms with Crippen LogP contribution in [0.3, 0.4) is 0 Å². The van der Waals surface area contributed by atoms with Gasteiger partial charge in [0, 0.05) is 23.1 Å². The molecule has 0 aliphatic carbocycles. The summed E-state index contributed by atoms with van der Waals surface area (Å²) >= 11 is 6.30. The van der Waals surface area contributed by atoms with Gasteiger partial charge >= 0.3 is 0 Å². The number of hydrogen-bond acceptors (Lipinski definition) is 8. The highest BCUT2D eigenvalue weighted by Gasteiger charge is 2.28. The maximum absolute atomic E-state index is 13.6. The van der Waals surface area contributed by atoms with E-state index in [2.05, 4.69) is 15.5 Å². The van der Waals surface area contributed by atoms with E-state index >= 15 is 0 Å². The number of sulfonamides is 1. The number of nitrogens with zero attached hydrogens (tertiary/aromatic N) is 3. The molecule has 4 aromatic rings. The van der Waals surface area contributed by atoms with Crippen molar-refractivity contribution in [3.63, 3.8) is 0 Å². The Morgan fingerprint density at radius 1 is 0.975 bits per heavy atom. The zero-order valence-corrected chi connectivity index (χ0v) is 23.8. The minimum absolute atomic E-state index is 0.0230. The van der Waals surface area contributed by atoms with Gasteiger partial charge in [-0.3, -0.25) is 9.10 Å². The molecule has 40 heavy (non-hydrogen) atoms. The number of amides is 1. The molecule has 1 heterocycles. The number of aryl methyl sites for hydroxylation is 1. The third-order valence-electron chi connectivity index (χ3n) is 5.95. The molecule has 0 bridgehead atoms. The summed E-state index contributed by atoms with van der Waals surface area (Å²) in [5, 5.41) is 4.94. The second kappa shape index (κ2) is 12.2. The van der Waals surface area contributed by atoms with Crippen LogP contribution in [-0.4, -0.2) is 53.4 Å². The minimum Gasteiger partial charge on any atom is -0.497 e. The molecule has 0 aliphatic heterocycles. The van der Waals surface area contributed by atoms with Crippen LogP contribution in [0.1, 0.15) is 11.1 Å². The molecule has 10 nitrogen and oxygen atoms in total. The molecular weight excluding hydrogens is 556 g/mol. The molecule has 0 radical (unpaired) electrons. The normalized spacial score (nSPS) is 11.4. The molecule has 0 saturated carbocycles. The number of aromatic nitrogens is 1. The van der Waals surface area contributed by atoms with E-state index in [9.17, 15) is 13.2 Å². The Kier molecular flexibility index (Phi) is 8.76. The van der Waals surface area contributed by atoms with E-state index in [0.717, 1.165) is 15.3 Å². The molecule has 0 atom stereocenters. The molecule has 0 saturated heterocycles. The smallest absolute Gasteiger partial charge is 0.264 e. The van der Waals surface area contributed by atoms with E-state index < -0.39 is 22.5 Å². The van der Waals surface area contributed by atoms with E-state index in [1.54, 1.807) is 43.5 Å². The van der Waals surface area contributed by atoms with Crippen LogP contribution < -0.4 is 23.9 Å². The number of halogens is 1. The van der Waals surface area contributed by atoms with Crippen molar-refractivity contribution in [2.24, 2.45) is 5.10 Å². The molecule has 0 fully saturated rings. The zero-order chi connectivity index (χ0) is 28.9. The Morgan fingerprint density at radius 2 is 1.70 bits per heavy atom.